The van der Waals surface area contributed by atoms with Crippen LogP contribution in [0.5, 0.6) is 0 Å². The van der Waals surface area contributed by atoms with Crippen LogP contribution in [0, 0.1) is 5.92 Å². The van der Waals surface area contributed by atoms with E-state index >= 15 is 0 Å². The summed E-state index contributed by atoms with van der Waals surface area (Å²) in [5, 5.41) is 12.2. The molecule has 1 aliphatic carbocycles. The van der Waals surface area contributed by atoms with Crippen LogP contribution in [0.25, 0.3) is 0 Å². The van der Waals surface area contributed by atoms with Gasteiger partial charge < -0.3 is 15.3 Å². The Labute approximate surface area is 90.6 Å². The van der Waals surface area contributed by atoms with Gasteiger partial charge in [-0.1, -0.05) is 0 Å². The molecule has 2 rings (SSSR count). The molecule has 0 unspecified atom stereocenters. The van der Waals surface area contributed by atoms with E-state index in [4.69, 9.17) is 5.11 Å². The van der Waals surface area contributed by atoms with E-state index in [-0.39, 0.29) is 18.4 Å². The zero-order valence-corrected chi connectivity index (χ0v) is 9.11. The number of carbonyl (C=O) groups excluding carboxylic acids is 1. The molecule has 0 bridgehead atoms. The molecule has 2 fully saturated rings. The van der Waals surface area contributed by atoms with Crippen LogP contribution in [0.3, 0.4) is 0 Å². The molecule has 1 saturated heterocycles. The van der Waals surface area contributed by atoms with Crippen molar-refractivity contribution in [3.05, 3.63) is 0 Å². The largest absolute Gasteiger partial charge is 0.395 e. The van der Waals surface area contributed by atoms with Crippen LogP contribution < -0.4 is 5.32 Å². The molecule has 1 aliphatic heterocycles. The third-order valence-corrected chi connectivity index (χ3v) is 3.30. The molecule has 0 aromatic heterocycles. The van der Waals surface area contributed by atoms with Gasteiger partial charge in [-0.25, -0.2) is 0 Å². The SMILES string of the molecule is O=C(C1CCNCC1)N(CCO)C1CC1. The monoisotopic (exact) mass is 212 g/mol. The summed E-state index contributed by atoms with van der Waals surface area (Å²) in [5.41, 5.74) is 0. The van der Waals surface area contributed by atoms with Gasteiger partial charge in [-0.05, 0) is 38.8 Å². The van der Waals surface area contributed by atoms with Crippen molar-refractivity contribution in [2.75, 3.05) is 26.2 Å². The molecule has 86 valence electrons. The lowest BCUT2D eigenvalue weighted by Gasteiger charge is -2.29. The lowest BCUT2D eigenvalue weighted by atomic mass is 9.96. The lowest BCUT2D eigenvalue weighted by molar-refractivity contribution is -0.137. The molecule has 0 radical (unpaired) electrons. The van der Waals surface area contributed by atoms with Gasteiger partial charge >= 0.3 is 0 Å². The molecule has 0 atom stereocenters. The first-order valence-corrected chi connectivity index (χ1v) is 5.95. The van der Waals surface area contributed by atoms with E-state index in [0.717, 1.165) is 38.8 Å². The van der Waals surface area contributed by atoms with Crippen molar-refractivity contribution < 1.29 is 9.90 Å². The Kier molecular flexibility index (Phi) is 3.59. The minimum absolute atomic E-state index is 0.0905. The number of amides is 1. The van der Waals surface area contributed by atoms with Gasteiger partial charge in [-0.15, -0.1) is 0 Å². The zero-order chi connectivity index (χ0) is 10.7. The molecule has 2 N–H and O–H groups in total. The molecule has 4 heteroatoms. The van der Waals surface area contributed by atoms with Crippen LogP contribution in [-0.4, -0.2) is 48.2 Å². The summed E-state index contributed by atoms with van der Waals surface area (Å²) in [5.74, 6) is 0.464. The van der Waals surface area contributed by atoms with E-state index in [9.17, 15) is 4.79 Å². The fraction of sp³-hybridized carbons (Fsp3) is 0.909. The van der Waals surface area contributed by atoms with Crippen LogP contribution >= 0.6 is 0 Å². The van der Waals surface area contributed by atoms with E-state index < -0.39 is 0 Å². The molecule has 15 heavy (non-hydrogen) atoms. The van der Waals surface area contributed by atoms with Gasteiger partial charge in [0.2, 0.25) is 5.91 Å². The topological polar surface area (TPSA) is 52.6 Å². The molecule has 1 heterocycles. The van der Waals surface area contributed by atoms with E-state index in [1.165, 1.54) is 0 Å². The highest BCUT2D eigenvalue weighted by Gasteiger charge is 2.35. The average molecular weight is 212 g/mol. The summed E-state index contributed by atoms with van der Waals surface area (Å²) in [6.45, 7) is 2.52. The Morgan fingerprint density at radius 1 is 1.27 bits per heavy atom. The van der Waals surface area contributed by atoms with Crippen molar-refractivity contribution >= 4 is 5.91 Å². The first-order valence-electron chi connectivity index (χ1n) is 5.95. The van der Waals surface area contributed by atoms with Crippen molar-refractivity contribution in [2.45, 2.75) is 31.7 Å². The summed E-state index contributed by atoms with van der Waals surface area (Å²) in [6.07, 6.45) is 4.15. The van der Waals surface area contributed by atoms with Gasteiger partial charge in [0.15, 0.2) is 0 Å². The third-order valence-electron chi connectivity index (χ3n) is 3.30. The van der Waals surface area contributed by atoms with Crippen LogP contribution in [0.1, 0.15) is 25.7 Å². The first-order chi connectivity index (χ1) is 7.33. The van der Waals surface area contributed by atoms with Gasteiger partial charge in [0, 0.05) is 18.5 Å². The number of hydrogen-bond donors (Lipinski definition) is 2. The predicted octanol–water partition coefficient (Wildman–Crippen LogP) is -0.0307. The number of aliphatic hydroxyl groups excluding tert-OH is 1. The Morgan fingerprint density at radius 3 is 2.47 bits per heavy atom. The second-order valence-corrected chi connectivity index (χ2v) is 4.51. The van der Waals surface area contributed by atoms with E-state index in [2.05, 4.69) is 5.32 Å². The number of nitrogens with one attached hydrogen (secondary N) is 1. The van der Waals surface area contributed by atoms with Crippen LogP contribution in [0.2, 0.25) is 0 Å². The minimum Gasteiger partial charge on any atom is -0.395 e. The molecule has 2 aliphatic rings. The maximum atomic E-state index is 12.2. The molecule has 4 nitrogen and oxygen atoms in total. The van der Waals surface area contributed by atoms with Gasteiger partial charge in [0.05, 0.1) is 6.61 Å². The molecule has 0 aromatic carbocycles. The van der Waals surface area contributed by atoms with Crippen molar-refractivity contribution in [2.24, 2.45) is 5.92 Å². The second kappa shape index (κ2) is 4.94. The highest BCUT2D eigenvalue weighted by Crippen LogP contribution is 2.29. The summed E-state index contributed by atoms with van der Waals surface area (Å²) >= 11 is 0. The number of nitrogens with zero attached hydrogens (tertiary/aromatic N) is 1. The Morgan fingerprint density at radius 2 is 1.93 bits per heavy atom. The standard InChI is InChI=1S/C11H20N2O2/c14-8-7-13(10-1-2-10)11(15)9-3-5-12-6-4-9/h9-10,12,14H,1-8H2. The molecular weight excluding hydrogens is 192 g/mol. The highest BCUT2D eigenvalue weighted by molar-refractivity contribution is 5.79. The second-order valence-electron chi connectivity index (χ2n) is 4.51. The minimum atomic E-state index is 0.0905. The number of hydrogen-bond acceptors (Lipinski definition) is 3. The van der Waals surface area contributed by atoms with Gasteiger partial charge in [-0.2, -0.15) is 0 Å². The van der Waals surface area contributed by atoms with Gasteiger partial charge in [0.1, 0.15) is 0 Å². The fourth-order valence-corrected chi connectivity index (χ4v) is 2.27. The number of rotatable bonds is 4. The van der Waals surface area contributed by atoms with Crippen molar-refractivity contribution in [1.82, 2.24) is 10.2 Å². The van der Waals surface area contributed by atoms with Crippen molar-refractivity contribution in [3.8, 4) is 0 Å². The van der Waals surface area contributed by atoms with E-state index in [0.29, 0.717) is 12.6 Å². The molecule has 0 aromatic rings. The average Bonchev–Trinajstić information content (AvgIpc) is 3.10. The van der Waals surface area contributed by atoms with Crippen molar-refractivity contribution in [3.63, 3.8) is 0 Å². The van der Waals surface area contributed by atoms with Gasteiger partial charge in [0.25, 0.3) is 0 Å². The summed E-state index contributed by atoms with van der Waals surface area (Å²) in [6, 6.07) is 0.430. The van der Waals surface area contributed by atoms with Crippen LogP contribution in [-0.2, 0) is 4.79 Å². The summed E-state index contributed by atoms with van der Waals surface area (Å²) < 4.78 is 0. The number of piperidine rings is 1. The molecule has 1 amide bonds. The van der Waals surface area contributed by atoms with E-state index in [1.807, 2.05) is 4.90 Å². The van der Waals surface area contributed by atoms with Crippen LogP contribution in [0.15, 0.2) is 0 Å². The maximum Gasteiger partial charge on any atom is 0.226 e. The first kappa shape index (κ1) is 10.9. The molecule has 0 spiro atoms. The predicted molar refractivity (Wildman–Crippen MR) is 57.4 cm³/mol. The normalized spacial score (nSPS) is 22.7. The Bertz CT molecular complexity index is 223. The molecule has 1 saturated carbocycles. The van der Waals surface area contributed by atoms with Crippen molar-refractivity contribution in [1.29, 1.82) is 0 Å². The molecular formula is C11H20N2O2. The Hall–Kier alpha value is -0.610. The zero-order valence-electron chi connectivity index (χ0n) is 9.11. The quantitative estimate of drug-likeness (QED) is 0.688. The van der Waals surface area contributed by atoms with Gasteiger partial charge in [-0.3, -0.25) is 4.79 Å². The lowest BCUT2D eigenvalue weighted by Crippen LogP contribution is -2.43. The maximum absolute atomic E-state index is 12.2. The number of aliphatic hydroxyl groups is 1. The number of carbonyl (C=O) groups is 1. The smallest absolute Gasteiger partial charge is 0.226 e. The van der Waals surface area contributed by atoms with Crippen LogP contribution in [0.4, 0.5) is 0 Å². The highest BCUT2D eigenvalue weighted by atomic mass is 16.3. The summed E-state index contributed by atoms with van der Waals surface area (Å²) in [7, 11) is 0. The fourth-order valence-electron chi connectivity index (χ4n) is 2.27. The Balaban J connectivity index is 1.90. The summed E-state index contributed by atoms with van der Waals surface area (Å²) in [4.78, 5) is 14.1. The van der Waals surface area contributed by atoms with E-state index in [1.54, 1.807) is 0 Å². The third kappa shape index (κ3) is 2.69.